The smallest absolute Gasteiger partial charge is 0.343 e. The zero-order chi connectivity index (χ0) is 41.9. The summed E-state index contributed by atoms with van der Waals surface area (Å²) in [7, 11) is 0. The lowest BCUT2D eigenvalue weighted by Crippen LogP contribution is -2.15. The van der Waals surface area contributed by atoms with E-state index in [4.69, 9.17) is 18.9 Å². The van der Waals surface area contributed by atoms with Crippen molar-refractivity contribution in [2.24, 2.45) is 0 Å². The summed E-state index contributed by atoms with van der Waals surface area (Å²) in [6, 6.07) is 38.9. The largest absolute Gasteiger partial charge is 0.419 e. The van der Waals surface area contributed by atoms with Crippen molar-refractivity contribution in [2.45, 2.75) is 67.2 Å². The van der Waals surface area contributed by atoms with Crippen LogP contribution in [0.5, 0.6) is 23.0 Å². The zero-order valence-corrected chi connectivity index (χ0v) is 34.1. The lowest BCUT2D eigenvalue weighted by atomic mass is 9.94. The number of benzene rings is 6. The Hall–Kier alpha value is -6.80. The van der Waals surface area contributed by atoms with Gasteiger partial charge in [-0.25, -0.2) is 19.2 Å². The van der Waals surface area contributed by atoms with Gasteiger partial charge in [-0.05, 0) is 121 Å². The molecule has 296 valence electrons. The first-order chi connectivity index (χ1) is 27.8. The predicted molar refractivity (Wildman–Crippen MR) is 226 cm³/mol. The van der Waals surface area contributed by atoms with Crippen molar-refractivity contribution in [3.63, 3.8) is 0 Å². The molecule has 0 saturated carbocycles. The SMILES string of the molecule is Cc1cc(C(C)C)c(C)c(OC(=O)c2ccccc2)c1OC(=O)c1ccccc1.Cc1cc(C(C)C)c(C)c(OC(=O)c2ccccc2)c1OC(=O)c1ccccc1. The Kier molecular flexibility index (Phi) is 14.1. The average Bonchev–Trinajstić information content (AvgIpc) is 3.23. The lowest BCUT2D eigenvalue weighted by Gasteiger charge is -2.20. The van der Waals surface area contributed by atoms with E-state index in [9.17, 15) is 19.2 Å². The molecule has 0 fully saturated rings. The van der Waals surface area contributed by atoms with Crippen molar-refractivity contribution in [2.75, 3.05) is 0 Å². The second-order valence-electron chi connectivity index (χ2n) is 14.5. The number of carbonyl (C=O) groups is 4. The first-order valence-corrected chi connectivity index (χ1v) is 19.1. The van der Waals surface area contributed by atoms with E-state index in [1.807, 2.05) is 64.1 Å². The van der Waals surface area contributed by atoms with Crippen LogP contribution in [0.2, 0.25) is 0 Å². The molecule has 0 aliphatic rings. The van der Waals surface area contributed by atoms with E-state index in [-0.39, 0.29) is 34.8 Å². The second kappa shape index (κ2) is 19.4. The van der Waals surface area contributed by atoms with E-state index in [0.717, 1.165) is 33.4 Å². The van der Waals surface area contributed by atoms with Crippen LogP contribution in [0, 0.1) is 27.7 Å². The molecule has 6 rings (SSSR count). The van der Waals surface area contributed by atoms with Gasteiger partial charge in [-0.1, -0.05) is 113 Å². The summed E-state index contributed by atoms with van der Waals surface area (Å²) in [5.74, 6) is -0.431. The Morgan fingerprint density at radius 3 is 0.810 bits per heavy atom. The van der Waals surface area contributed by atoms with Crippen LogP contribution in [0.25, 0.3) is 0 Å². The molecule has 0 spiro atoms. The van der Waals surface area contributed by atoms with Crippen LogP contribution in [-0.2, 0) is 0 Å². The van der Waals surface area contributed by atoms with Gasteiger partial charge in [0.25, 0.3) is 0 Å². The van der Waals surface area contributed by atoms with Crippen molar-refractivity contribution in [3.8, 4) is 23.0 Å². The summed E-state index contributed by atoms with van der Waals surface area (Å²) in [5, 5.41) is 0. The first-order valence-electron chi connectivity index (χ1n) is 19.1. The van der Waals surface area contributed by atoms with Crippen LogP contribution in [0.1, 0.15) is 114 Å². The van der Waals surface area contributed by atoms with Gasteiger partial charge >= 0.3 is 23.9 Å². The van der Waals surface area contributed by atoms with Gasteiger partial charge < -0.3 is 18.9 Å². The Bertz CT molecular complexity index is 2210. The van der Waals surface area contributed by atoms with Crippen LogP contribution < -0.4 is 18.9 Å². The minimum absolute atomic E-state index is 0.224. The molecule has 0 unspecified atom stereocenters. The van der Waals surface area contributed by atoms with Gasteiger partial charge in [0.2, 0.25) is 0 Å². The highest BCUT2D eigenvalue weighted by atomic mass is 16.6. The number of hydrogen-bond donors (Lipinski definition) is 0. The fourth-order valence-corrected chi connectivity index (χ4v) is 6.38. The predicted octanol–water partition coefficient (Wildman–Crippen LogP) is 11.7. The number of aryl methyl sites for hydroxylation is 2. The summed E-state index contributed by atoms with van der Waals surface area (Å²) < 4.78 is 22.9. The fourth-order valence-electron chi connectivity index (χ4n) is 6.38. The Labute approximate surface area is 340 Å². The van der Waals surface area contributed by atoms with Crippen molar-refractivity contribution < 1.29 is 38.1 Å². The van der Waals surface area contributed by atoms with Gasteiger partial charge in [-0.3, -0.25) is 0 Å². The van der Waals surface area contributed by atoms with Gasteiger partial charge in [0.05, 0.1) is 22.3 Å². The van der Waals surface area contributed by atoms with Crippen LogP contribution in [0.4, 0.5) is 0 Å². The third-order valence-electron chi connectivity index (χ3n) is 9.48. The molecular weight excluding hydrogens is 729 g/mol. The lowest BCUT2D eigenvalue weighted by molar-refractivity contribution is 0.0680. The number of esters is 4. The highest BCUT2D eigenvalue weighted by molar-refractivity contribution is 5.95. The minimum atomic E-state index is -0.498. The molecule has 0 saturated heterocycles. The van der Waals surface area contributed by atoms with Gasteiger partial charge in [-0.15, -0.1) is 0 Å². The topological polar surface area (TPSA) is 105 Å². The summed E-state index contributed by atoms with van der Waals surface area (Å²) in [6.45, 7) is 15.7. The van der Waals surface area contributed by atoms with Crippen LogP contribution in [-0.4, -0.2) is 23.9 Å². The minimum Gasteiger partial charge on any atom is -0.419 e. The molecule has 58 heavy (non-hydrogen) atoms. The molecule has 0 amide bonds. The van der Waals surface area contributed by atoms with Crippen LogP contribution in [0.3, 0.4) is 0 Å². The Morgan fingerprint density at radius 2 is 0.586 bits per heavy atom. The number of hydrogen-bond acceptors (Lipinski definition) is 8. The molecule has 0 N–H and O–H groups in total. The molecule has 0 aliphatic carbocycles. The quantitative estimate of drug-likeness (QED) is 0.1000. The van der Waals surface area contributed by atoms with Crippen LogP contribution >= 0.6 is 0 Å². The van der Waals surface area contributed by atoms with E-state index in [1.54, 1.807) is 97.1 Å². The normalized spacial score (nSPS) is 10.7. The maximum atomic E-state index is 12.7. The van der Waals surface area contributed by atoms with Crippen molar-refractivity contribution >= 4 is 23.9 Å². The van der Waals surface area contributed by atoms with E-state index < -0.39 is 23.9 Å². The van der Waals surface area contributed by atoms with Gasteiger partial charge in [0.1, 0.15) is 0 Å². The molecule has 8 nitrogen and oxygen atoms in total. The standard InChI is InChI=1S/2C25H24O4/c2*1-16(2)21-15-17(3)22(28-24(26)19-11-7-5-8-12-19)23(18(21)4)29-25(27)20-13-9-6-10-14-20/h2*5-16H,1-4H3. The monoisotopic (exact) mass is 776 g/mol. The molecule has 0 aliphatic heterocycles. The highest BCUT2D eigenvalue weighted by Gasteiger charge is 2.25. The third kappa shape index (κ3) is 10.3. The van der Waals surface area contributed by atoms with Crippen molar-refractivity contribution in [1.82, 2.24) is 0 Å². The van der Waals surface area contributed by atoms with E-state index in [2.05, 4.69) is 27.7 Å². The molecule has 8 heteroatoms. The molecule has 0 heterocycles. The summed E-state index contributed by atoms with van der Waals surface area (Å²) in [6.07, 6.45) is 0. The number of rotatable bonds is 10. The van der Waals surface area contributed by atoms with Crippen molar-refractivity contribution in [1.29, 1.82) is 0 Å². The van der Waals surface area contributed by atoms with Gasteiger partial charge in [-0.2, -0.15) is 0 Å². The van der Waals surface area contributed by atoms with E-state index >= 15 is 0 Å². The maximum Gasteiger partial charge on any atom is 0.343 e. The molecule has 6 aromatic rings. The first kappa shape index (κ1) is 42.3. The summed E-state index contributed by atoms with van der Waals surface area (Å²) >= 11 is 0. The molecule has 0 atom stereocenters. The van der Waals surface area contributed by atoms with Crippen molar-refractivity contribution in [3.05, 3.63) is 189 Å². The zero-order valence-electron chi connectivity index (χ0n) is 34.1. The van der Waals surface area contributed by atoms with Gasteiger partial charge in [0.15, 0.2) is 23.0 Å². The highest BCUT2D eigenvalue weighted by Crippen LogP contribution is 2.41. The summed E-state index contributed by atoms with van der Waals surface area (Å²) in [5.41, 5.74) is 6.83. The molecule has 6 aromatic carbocycles. The number of ether oxygens (including phenoxy) is 4. The second-order valence-corrected chi connectivity index (χ2v) is 14.5. The van der Waals surface area contributed by atoms with Gasteiger partial charge in [0, 0.05) is 0 Å². The summed E-state index contributed by atoms with van der Waals surface area (Å²) in [4.78, 5) is 50.7. The number of carbonyl (C=O) groups excluding carboxylic acids is 4. The Balaban J connectivity index is 0.000000221. The third-order valence-corrected chi connectivity index (χ3v) is 9.48. The van der Waals surface area contributed by atoms with E-state index in [0.29, 0.717) is 22.3 Å². The fraction of sp³-hybridized carbons (Fsp3) is 0.200. The Morgan fingerprint density at radius 1 is 0.362 bits per heavy atom. The molecule has 0 bridgehead atoms. The maximum absolute atomic E-state index is 12.7. The molecule has 0 radical (unpaired) electrons. The van der Waals surface area contributed by atoms with E-state index in [1.165, 1.54) is 0 Å². The molecule has 0 aromatic heterocycles. The molecular formula is C50H48O8. The van der Waals surface area contributed by atoms with Crippen LogP contribution in [0.15, 0.2) is 133 Å². The average molecular weight is 777 g/mol.